The molecule has 2 heterocycles. The van der Waals surface area contributed by atoms with Gasteiger partial charge in [0.05, 0.1) is 7.11 Å². The van der Waals surface area contributed by atoms with E-state index in [0.29, 0.717) is 11.5 Å². The third-order valence-corrected chi connectivity index (χ3v) is 4.01. The molecular formula is C17H20N6O3. The zero-order valence-electron chi connectivity index (χ0n) is 15.0. The van der Waals surface area contributed by atoms with Crippen molar-refractivity contribution in [2.75, 3.05) is 24.0 Å². The number of ether oxygens (including phenoxy) is 1. The number of methoxy groups -OCH3 is 1. The van der Waals surface area contributed by atoms with E-state index in [1.807, 2.05) is 36.2 Å². The van der Waals surface area contributed by atoms with E-state index < -0.39 is 6.09 Å². The zero-order valence-corrected chi connectivity index (χ0v) is 15.0. The predicted molar refractivity (Wildman–Crippen MR) is 97.5 cm³/mol. The Morgan fingerprint density at radius 2 is 1.92 bits per heavy atom. The van der Waals surface area contributed by atoms with Crippen LogP contribution in [-0.4, -0.2) is 51.0 Å². The topological polar surface area (TPSA) is 96.1 Å². The second-order valence-corrected chi connectivity index (χ2v) is 5.95. The predicted octanol–water partition coefficient (Wildman–Crippen LogP) is 2.79. The van der Waals surface area contributed by atoms with Gasteiger partial charge in [0.25, 0.3) is 0 Å². The molecule has 0 unspecified atom stereocenters. The van der Waals surface area contributed by atoms with Crippen molar-refractivity contribution in [1.29, 1.82) is 0 Å². The lowest BCUT2D eigenvalue weighted by molar-refractivity contribution is 0.199. The molecule has 9 nitrogen and oxygen atoms in total. The third-order valence-electron chi connectivity index (χ3n) is 4.01. The Balaban J connectivity index is 2.06. The summed E-state index contributed by atoms with van der Waals surface area (Å²) in [6.07, 6.45) is 2.15. The van der Waals surface area contributed by atoms with Crippen LogP contribution in [-0.2, 0) is 0 Å². The lowest BCUT2D eigenvalue weighted by Crippen LogP contribution is -2.37. The van der Waals surface area contributed by atoms with E-state index in [2.05, 4.69) is 15.2 Å². The van der Waals surface area contributed by atoms with Crippen LogP contribution in [0.5, 0.6) is 5.75 Å². The van der Waals surface area contributed by atoms with Crippen LogP contribution in [0.15, 0.2) is 36.7 Å². The summed E-state index contributed by atoms with van der Waals surface area (Å²) >= 11 is 0. The summed E-state index contributed by atoms with van der Waals surface area (Å²) in [5.74, 6) is 1.55. The van der Waals surface area contributed by atoms with Crippen molar-refractivity contribution in [3.05, 3.63) is 36.7 Å². The van der Waals surface area contributed by atoms with Gasteiger partial charge in [0.2, 0.25) is 11.6 Å². The quantitative estimate of drug-likeness (QED) is 0.751. The largest absolute Gasteiger partial charge is 0.497 e. The molecule has 0 radical (unpaired) electrons. The smallest absolute Gasteiger partial charge is 0.414 e. The highest BCUT2D eigenvalue weighted by Gasteiger charge is 2.25. The van der Waals surface area contributed by atoms with E-state index in [1.165, 1.54) is 0 Å². The number of amides is 1. The van der Waals surface area contributed by atoms with Crippen LogP contribution in [0.3, 0.4) is 0 Å². The molecule has 3 rings (SSSR count). The van der Waals surface area contributed by atoms with Gasteiger partial charge in [-0.2, -0.15) is 0 Å². The number of carbonyl (C=O) groups is 1. The fourth-order valence-electron chi connectivity index (χ4n) is 2.67. The van der Waals surface area contributed by atoms with Gasteiger partial charge >= 0.3 is 6.09 Å². The molecule has 0 aliphatic carbocycles. The number of carboxylic acid groups (broad SMARTS) is 1. The highest BCUT2D eigenvalue weighted by Crippen LogP contribution is 2.28. The van der Waals surface area contributed by atoms with Gasteiger partial charge in [0, 0.05) is 31.2 Å². The molecular weight excluding hydrogens is 336 g/mol. The SMILES string of the molecule is COc1ccc(N(C)c2nccn3c(N(C(=O)O)C(C)C)nnc23)cc1. The van der Waals surface area contributed by atoms with Gasteiger partial charge in [-0.1, -0.05) is 0 Å². The fraction of sp³-hybridized carbons (Fsp3) is 0.294. The molecule has 0 bridgehead atoms. The molecule has 0 saturated carbocycles. The molecule has 0 aliphatic rings. The molecule has 136 valence electrons. The monoisotopic (exact) mass is 356 g/mol. The van der Waals surface area contributed by atoms with Gasteiger partial charge in [-0.15, -0.1) is 10.2 Å². The lowest BCUT2D eigenvalue weighted by atomic mass is 10.3. The molecule has 0 saturated heterocycles. The van der Waals surface area contributed by atoms with Crippen molar-refractivity contribution in [3.63, 3.8) is 0 Å². The summed E-state index contributed by atoms with van der Waals surface area (Å²) in [7, 11) is 3.47. The highest BCUT2D eigenvalue weighted by molar-refractivity contribution is 5.85. The molecule has 1 aromatic carbocycles. The first-order chi connectivity index (χ1) is 12.4. The molecule has 1 N–H and O–H groups in total. The van der Waals surface area contributed by atoms with Gasteiger partial charge in [-0.05, 0) is 38.1 Å². The summed E-state index contributed by atoms with van der Waals surface area (Å²) in [5.41, 5.74) is 1.35. The van der Waals surface area contributed by atoms with E-state index in [1.54, 1.807) is 37.8 Å². The molecule has 0 spiro atoms. The molecule has 0 atom stereocenters. The van der Waals surface area contributed by atoms with Crippen LogP contribution in [0, 0.1) is 0 Å². The first kappa shape index (κ1) is 17.5. The summed E-state index contributed by atoms with van der Waals surface area (Å²) in [6, 6.07) is 7.23. The van der Waals surface area contributed by atoms with Crippen LogP contribution in [0.25, 0.3) is 5.65 Å². The minimum atomic E-state index is -1.09. The Labute approximate surface area is 150 Å². The average molecular weight is 356 g/mol. The molecule has 9 heteroatoms. The normalized spacial score (nSPS) is 11.0. The second-order valence-electron chi connectivity index (χ2n) is 5.95. The molecule has 0 fully saturated rings. The van der Waals surface area contributed by atoms with Gasteiger partial charge in [-0.25, -0.2) is 14.7 Å². The summed E-state index contributed by atoms with van der Waals surface area (Å²) in [5, 5.41) is 17.7. The lowest BCUT2D eigenvalue weighted by Gasteiger charge is -2.21. The van der Waals surface area contributed by atoms with Crippen molar-refractivity contribution in [1.82, 2.24) is 19.6 Å². The van der Waals surface area contributed by atoms with Crippen LogP contribution < -0.4 is 14.5 Å². The van der Waals surface area contributed by atoms with Gasteiger partial charge < -0.3 is 14.7 Å². The number of aromatic nitrogens is 4. The zero-order chi connectivity index (χ0) is 18.8. The van der Waals surface area contributed by atoms with Crippen LogP contribution in [0.4, 0.5) is 22.2 Å². The second kappa shape index (κ2) is 6.87. The summed E-state index contributed by atoms with van der Waals surface area (Å²) < 4.78 is 6.80. The number of hydrogen-bond acceptors (Lipinski definition) is 6. The maximum atomic E-state index is 11.6. The van der Waals surface area contributed by atoms with Crippen molar-refractivity contribution < 1.29 is 14.6 Å². The number of rotatable bonds is 5. The van der Waals surface area contributed by atoms with Crippen molar-refractivity contribution in [2.24, 2.45) is 0 Å². The average Bonchev–Trinajstić information content (AvgIpc) is 3.04. The van der Waals surface area contributed by atoms with E-state index in [4.69, 9.17) is 4.74 Å². The number of nitrogens with zero attached hydrogens (tertiary/aromatic N) is 6. The van der Waals surface area contributed by atoms with Crippen LogP contribution in [0.2, 0.25) is 0 Å². The molecule has 3 aromatic rings. The minimum Gasteiger partial charge on any atom is -0.497 e. The van der Waals surface area contributed by atoms with Gasteiger partial charge in [0.15, 0.2) is 5.82 Å². The maximum absolute atomic E-state index is 11.6. The Kier molecular flexibility index (Phi) is 4.61. The van der Waals surface area contributed by atoms with Crippen LogP contribution >= 0.6 is 0 Å². The Morgan fingerprint density at radius 3 is 2.50 bits per heavy atom. The highest BCUT2D eigenvalue weighted by atomic mass is 16.5. The third kappa shape index (κ3) is 2.99. The number of fused-ring (bicyclic) bond motifs is 1. The Morgan fingerprint density at radius 1 is 1.23 bits per heavy atom. The fourth-order valence-corrected chi connectivity index (χ4v) is 2.67. The minimum absolute atomic E-state index is 0.231. The standard InChI is InChI=1S/C17H20N6O3/c1-11(2)23(17(24)25)16-20-19-15-14(18-9-10-22(15)16)21(3)12-5-7-13(26-4)8-6-12/h5-11H,1-4H3,(H,24,25). The first-order valence-electron chi connectivity index (χ1n) is 8.03. The van der Waals surface area contributed by atoms with Crippen molar-refractivity contribution in [3.8, 4) is 5.75 Å². The maximum Gasteiger partial charge on any atom is 0.414 e. The van der Waals surface area contributed by atoms with Crippen molar-refractivity contribution >= 4 is 29.2 Å². The molecule has 1 amide bonds. The number of hydrogen-bond donors (Lipinski definition) is 1. The van der Waals surface area contributed by atoms with E-state index in [-0.39, 0.29) is 12.0 Å². The van der Waals surface area contributed by atoms with E-state index in [9.17, 15) is 9.90 Å². The number of anilines is 3. The molecule has 0 aliphatic heterocycles. The molecule has 26 heavy (non-hydrogen) atoms. The van der Waals surface area contributed by atoms with E-state index in [0.717, 1.165) is 16.3 Å². The van der Waals surface area contributed by atoms with E-state index >= 15 is 0 Å². The van der Waals surface area contributed by atoms with Crippen LogP contribution in [0.1, 0.15) is 13.8 Å². The van der Waals surface area contributed by atoms with Gasteiger partial charge in [0.1, 0.15) is 5.75 Å². The first-order valence-corrected chi connectivity index (χ1v) is 8.03. The summed E-state index contributed by atoms with van der Waals surface area (Å²) in [4.78, 5) is 19.0. The summed E-state index contributed by atoms with van der Waals surface area (Å²) in [6.45, 7) is 3.56. The molecule has 2 aromatic heterocycles. The number of benzene rings is 1. The Hall–Kier alpha value is -3.36. The van der Waals surface area contributed by atoms with Crippen molar-refractivity contribution in [2.45, 2.75) is 19.9 Å². The Bertz CT molecular complexity index is 922. The van der Waals surface area contributed by atoms with Gasteiger partial charge in [-0.3, -0.25) is 4.40 Å².